The lowest BCUT2D eigenvalue weighted by atomic mass is 10.2. The molecule has 0 radical (unpaired) electrons. The van der Waals surface area contributed by atoms with Crippen molar-refractivity contribution in [2.45, 2.75) is 32.6 Å². The smallest absolute Gasteiger partial charge is 0.240 e. The van der Waals surface area contributed by atoms with Crippen molar-refractivity contribution in [3.8, 4) is 0 Å². The molecule has 0 unspecified atom stereocenters. The van der Waals surface area contributed by atoms with Gasteiger partial charge in [-0.15, -0.1) is 0 Å². The first-order valence-corrected chi connectivity index (χ1v) is 8.81. The van der Waals surface area contributed by atoms with E-state index in [1.807, 2.05) is 13.0 Å². The zero-order valence-corrected chi connectivity index (χ0v) is 14.5. The van der Waals surface area contributed by atoms with Gasteiger partial charge in [0.25, 0.3) is 0 Å². The van der Waals surface area contributed by atoms with Crippen LogP contribution in [0.5, 0.6) is 0 Å². The summed E-state index contributed by atoms with van der Waals surface area (Å²) < 4.78 is 27.1. The molecule has 22 heavy (non-hydrogen) atoms. The van der Waals surface area contributed by atoms with Gasteiger partial charge in [0.15, 0.2) is 5.96 Å². The van der Waals surface area contributed by atoms with Crippen LogP contribution in [0.4, 0.5) is 0 Å². The predicted octanol–water partition coefficient (Wildman–Crippen LogP) is 1.14. The average Bonchev–Trinajstić information content (AvgIpc) is 2.44. The number of aliphatic imine (C=N–C) groups is 1. The minimum absolute atomic E-state index is 0.244. The first-order valence-electron chi connectivity index (χ1n) is 7.33. The summed E-state index contributed by atoms with van der Waals surface area (Å²) in [6.07, 6.45) is 0. The molecular weight excluding hydrogens is 300 g/mol. The molecule has 0 aliphatic heterocycles. The second-order valence-corrected chi connectivity index (χ2v) is 7.45. The van der Waals surface area contributed by atoms with Crippen LogP contribution in [0.3, 0.4) is 0 Å². The molecule has 0 aliphatic carbocycles. The van der Waals surface area contributed by atoms with Crippen molar-refractivity contribution in [1.82, 2.24) is 10.0 Å². The number of benzene rings is 1. The molecular formula is C15H26N4O2S. The number of sulfonamides is 1. The third-order valence-electron chi connectivity index (χ3n) is 2.98. The molecule has 0 saturated carbocycles. The topological polar surface area (TPSA) is 96.6 Å². The van der Waals surface area contributed by atoms with Crippen LogP contribution in [0.2, 0.25) is 0 Å². The zero-order valence-electron chi connectivity index (χ0n) is 13.7. The van der Waals surface area contributed by atoms with Gasteiger partial charge in [0.2, 0.25) is 10.0 Å². The summed E-state index contributed by atoms with van der Waals surface area (Å²) in [5.74, 6) is 0.766. The number of nitrogens with zero attached hydrogens (tertiary/aromatic N) is 1. The third kappa shape index (κ3) is 6.03. The van der Waals surface area contributed by atoms with E-state index in [0.29, 0.717) is 29.9 Å². The van der Waals surface area contributed by atoms with E-state index in [0.717, 1.165) is 11.1 Å². The van der Waals surface area contributed by atoms with Crippen LogP contribution in [0.25, 0.3) is 0 Å². The van der Waals surface area contributed by atoms with E-state index < -0.39 is 10.0 Å². The molecule has 124 valence electrons. The van der Waals surface area contributed by atoms with E-state index in [1.165, 1.54) is 0 Å². The van der Waals surface area contributed by atoms with Gasteiger partial charge in [0.1, 0.15) is 0 Å². The average molecular weight is 326 g/mol. The summed E-state index contributed by atoms with van der Waals surface area (Å²) >= 11 is 0. The molecule has 1 aromatic carbocycles. The highest BCUT2D eigenvalue weighted by atomic mass is 32.2. The van der Waals surface area contributed by atoms with Gasteiger partial charge in [-0.25, -0.2) is 13.1 Å². The number of hydrogen-bond donors (Lipinski definition) is 3. The molecule has 6 nitrogen and oxygen atoms in total. The Bertz CT molecular complexity index is 624. The molecule has 0 aromatic heterocycles. The highest BCUT2D eigenvalue weighted by molar-refractivity contribution is 7.89. The number of nitrogens with two attached hydrogens (primary N) is 1. The van der Waals surface area contributed by atoms with Crippen molar-refractivity contribution in [2.75, 3.05) is 19.6 Å². The summed E-state index contributed by atoms with van der Waals surface area (Å²) in [4.78, 5) is 4.46. The number of aryl methyl sites for hydroxylation is 2. The molecule has 4 N–H and O–H groups in total. The molecule has 7 heteroatoms. The largest absolute Gasteiger partial charge is 0.370 e. The lowest BCUT2D eigenvalue weighted by Crippen LogP contribution is -2.38. The van der Waals surface area contributed by atoms with Gasteiger partial charge in [-0.3, -0.25) is 4.99 Å². The Morgan fingerprint density at radius 1 is 1.27 bits per heavy atom. The van der Waals surface area contributed by atoms with Crippen molar-refractivity contribution < 1.29 is 8.42 Å². The second-order valence-electron chi connectivity index (χ2n) is 5.71. The molecule has 0 heterocycles. The Labute approximate surface area is 133 Å². The van der Waals surface area contributed by atoms with E-state index in [2.05, 4.69) is 28.9 Å². The van der Waals surface area contributed by atoms with E-state index in [9.17, 15) is 8.42 Å². The molecule has 0 amide bonds. The number of guanidine groups is 1. The molecule has 0 spiro atoms. The molecule has 0 aliphatic rings. The fourth-order valence-corrected chi connectivity index (χ4v) is 3.15. The Balaban J connectivity index is 2.53. The predicted molar refractivity (Wildman–Crippen MR) is 90.4 cm³/mol. The number of hydrogen-bond acceptors (Lipinski definition) is 3. The Morgan fingerprint density at radius 2 is 1.95 bits per heavy atom. The van der Waals surface area contributed by atoms with Gasteiger partial charge < -0.3 is 11.1 Å². The van der Waals surface area contributed by atoms with Gasteiger partial charge in [0.05, 0.1) is 4.90 Å². The second kappa shape index (κ2) is 8.14. The third-order valence-corrected chi connectivity index (χ3v) is 4.59. The minimum Gasteiger partial charge on any atom is -0.370 e. The maximum absolute atomic E-state index is 12.3. The van der Waals surface area contributed by atoms with Crippen molar-refractivity contribution in [2.24, 2.45) is 16.6 Å². The maximum atomic E-state index is 12.3. The number of nitrogens with one attached hydrogen (secondary N) is 2. The van der Waals surface area contributed by atoms with Crippen LogP contribution in [-0.4, -0.2) is 34.0 Å². The first kappa shape index (κ1) is 18.4. The summed E-state index contributed by atoms with van der Waals surface area (Å²) in [5, 5.41) is 2.89. The lowest BCUT2D eigenvalue weighted by Gasteiger charge is -2.11. The summed E-state index contributed by atoms with van der Waals surface area (Å²) in [6.45, 7) is 9.02. The van der Waals surface area contributed by atoms with Gasteiger partial charge >= 0.3 is 0 Å². The lowest BCUT2D eigenvalue weighted by molar-refractivity contribution is 0.580. The SMILES string of the molecule is Cc1ccc(C)c(S(=O)(=O)NCCNC(N)=NCC(C)C)c1. The van der Waals surface area contributed by atoms with Crippen molar-refractivity contribution >= 4 is 16.0 Å². The summed E-state index contributed by atoms with van der Waals surface area (Å²) in [6, 6.07) is 5.37. The normalized spacial score (nSPS) is 12.7. The van der Waals surface area contributed by atoms with Crippen molar-refractivity contribution in [1.29, 1.82) is 0 Å². The van der Waals surface area contributed by atoms with Crippen LogP contribution in [-0.2, 0) is 10.0 Å². The van der Waals surface area contributed by atoms with Crippen LogP contribution in [0.15, 0.2) is 28.1 Å². The van der Waals surface area contributed by atoms with Crippen LogP contribution in [0.1, 0.15) is 25.0 Å². The maximum Gasteiger partial charge on any atom is 0.240 e. The van der Waals surface area contributed by atoms with Gasteiger partial charge in [-0.2, -0.15) is 0 Å². The fourth-order valence-electron chi connectivity index (χ4n) is 1.79. The van der Waals surface area contributed by atoms with Crippen LogP contribution < -0.4 is 15.8 Å². The van der Waals surface area contributed by atoms with Gasteiger partial charge in [-0.1, -0.05) is 26.0 Å². The molecule has 0 atom stereocenters. The molecule has 0 fully saturated rings. The van der Waals surface area contributed by atoms with E-state index in [4.69, 9.17) is 5.73 Å². The van der Waals surface area contributed by atoms with Crippen molar-refractivity contribution in [3.63, 3.8) is 0 Å². The van der Waals surface area contributed by atoms with E-state index >= 15 is 0 Å². The molecule has 1 aromatic rings. The van der Waals surface area contributed by atoms with E-state index in [1.54, 1.807) is 19.1 Å². The highest BCUT2D eigenvalue weighted by Gasteiger charge is 2.16. The van der Waals surface area contributed by atoms with E-state index in [-0.39, 0.29) is 6.54 Å². The van der Waals surface area contributed by atoms with Crippen LogP contribution >= 0.6 is 0 Å². The van der Waals surface area contributed by atoms with Gasteiger partial charge in [0, 0.05) is 19.6 Å². The van der Waals surface area contributed by atoms with Crippen molar-refractivity contribution in [3.05, 3.63) is 29.3 Å². The monoisotopic (exact) mass is 326 g/mol. The molecule has 0 bridgehead atoms. The highest BCUT2D eigenvalue weighted by Crippen LogP contribution is 2.16. The summed E-state index contributed by atoms with van der Waals surface area (Å²) in [5.41, 5.74) is 7.33. The quantitative estimate of drug-likeness (QED) is 0.398. The minimum atomic E-state index is -3.51. The Kier molecular flexibility index (Phi) is 6.83. The van der Waals surface area contributed by atoms with Crippen LogP contribution in [0, 0.1) is 19.8 Å². The first-order chi connectivity index (χ1) is 10.2. The standard InChI is InChI=1S/C15H26N4O2S/c1-11(2)10-18-15(16)17-7-8-19-22(20,21)14-9-12(3)5-6-13(14)4/h5-6,9,11,19H,7-8,10H2,1-4H3,(H3,16,17,18). The Morgan fingerprint density at radius 3 is 2.59 bits per heavy atom. The number of rotatable bonds is 7. The zero-order chi connectivity index (χ0) is 16.8. The summed E-state index contributed by atoms with van der Waals surface area (Å²) in [7, 11) is -3.51. The Hall–Kier alpha value is -1.60. The van der Waals surface area contributed by atoms with Gasteiger partial charge in [-0.05, 0) is 37.0 Å². The molecule has 1 rings (SSSR count). The molecule has 0 saturated heterocycles. The fraction of sp³-hybridized carbons (Fsp3) is 0.533.